The molecule has 1 aliphatic heterocycles. The van der Waals surface area contributed by atoms with Crippen LogP contribution in [0.15, 0.2) is 53.4 Å². The number of carbonyl (C=O) groups excluding carboxylic acids is 1. The average molecular weight is 374 g/mol. The number of nitrogens with one attached hydrogen (secondary N) is 1. The number of sulfonamides is 1. The maximum atomic E-state index is 12.8. The van der Waals surface area contributed by atoms with Crippen LogP contribution in [-0.2, 0) is 10.0 Å². The fraction of sp³-hybridized carbons (Fsp3) is 0.316. The van der Waals surface area contributed by atoms with Crippen LogP contribution in [0.1, 0.15) is 29.6 Å². The van der Waals surface area contributed by atoms with Crippen molar-refractivity contribution < 1.29 is 17.9 Å². The summed E-state index contributed by atoms with van der Waals surface area (Å²) in [7, 11) is -2.00. The summed E-state index contributed by atoms with van der Waals surface area (Å²) >= 11 is 0. The Labute approximate surface area is 153 Å². The minimum atomic E-state index is -3.53. The Kier molecular flexibility index (Phi) is 5.58. The number of ether oxygens (including phenoxy) is 1. The second-order valence-corrected chi connectivity index (χ2v) is 8.12. The van der Waals surface area contributed by atoms with Crippen LogP contribution < -0.4 is 10.1 Å². The molecule has 0 bridgehead atoms. The van der Waals surface area contributed by atoms with Gasteiger partial charge in [0, 0.05) is 24.3 Å². The van der Waals surface area contributed by atoms with Gasteiger partial charge >= 0.3 is 0 Å². The zero-order valence-corrected chi connectivity index (χ0v) is 15.5. The highest BCUT2D eigenvalue weighted by Crippen LogP contribution is 2.23. The minimum absolute atomic E-state index is 0.197. The summed E-state index contributed by atoms with van der Waals surface area (Å²) < 4.78 is 32.2. The van der Waals surface area contributed by atoms with Crippen molar-refractivity contribution in [2.24, 2.45) is 0 Å². The number of hydrogen-bond acceptors (Lipinski definition) is 4. The van der Waals surface area contributed by atoms with Gasteiger partial charge in [-0.2, -0.15) is 4.31 Å². The second-order valence-electron chi connectivity index (χ2n) is 6.18. The molecule has 7 heteroatoms. The zero-order chi connectivity index (χ0) is 18.6. The van der Waals surface area contributed by atoms with Crippen molar-refractivity contribution in [3.8, 4) is 5.75 Å². The largest absolute Gasteiger partial charge is 0.497 e. The van der Waals surface area contributed by atoms with Gasteiger partial charge in [0.1, 0.15) is 5.75 Å². The number of methoxy groups -OCH3 is 1. The lowest BCUT2D eigenvalue weighted by atomic mass is 10.2. The van der Waals surface area contributed by atoms with Crippen LogP contribution in [-0.4, -0.2) is 38.8 Å². The van der Waals surface area contributed by atoms with Crippen LogP contribution in [0.5, 0.6) is 5.75 Å². The maximum absolute atomic E-state index is 12.8. The standard InChI is InChI=1S/C19H22N2O4S/c1-25-17-9-5-7-15(13-17)19(22)20-16-8-6-10-18(14-16)26(23,24)21-11-3-2-4-12-21/h5-10,13-14H,2-4,11-12H2,1H3,(H,20,22). The molecule has 0 saturated carbocycles. The van der Waals surface area contributed by atoms with Crippen LogP contribution in [0.3, 0.4) is 0 Å². The molecule has 1 fully saturated rings. The van der Waals surface area contributed by atoms with E-state index in [-0.39, 0.29) is 10.8 Å². The third kappa shape index (κ3) is 4.05. The number of nitrogens with zero attached hydrogens (tertiary/aromatic N) is 1. The summed E-state index contributed by atoms with van der Waals surface area (Å²) in [6, 6.07) is 13.2. The van der Waals surface area contributed by atoms with E-state index in [1.54, 1.807) is 42.5 Å². The first-order valence-electron chi connectivity index (χ1n) is 8.56. The van der Waals surface area contributed by atoms with Crippen LogP contribution in [0.25, 0.3) is 0 Å². The van der Waals surface area contributed by atoms with Gasteiger partial charge in [0.25, 0.3) is 5.91 Å². The van der Waals surface area contributed by atoms with E-state index >= 15 is 0 Å². The molecule has 2 aromatic rings. The normalized spacial score (nSPS) is 15.4. The predicted molar refractivity (Wildman–Crippen MR) is 100.0 cm³/mol. The Bertz CT molecular complexity index is 890. The zero-order valence-electron chi connectivity index (χ0n) is 14.6. The van der Waals surface area contributed by atoms with Gasteiger partial charge in [-0.1, -0.05) is 18.6 Å². The highest BCUT2D eigenvalue weighted by atomic mass is 32.2. The number of anilines is 1. The molecule has 0 unspecified atom stereocenters. The molecule has 1 aliphatic rings. The Morgan fingerprint density at radius 3 is 2.50 bits per heavy atom. The molecule has 0 aliphatic carbocycles. The molecule has 0 aromatic heterocycles. The molecule has 26 heavy (non-hydrogen) atoms. The third-order valence-electron chi connectivity index (χ3n) is 4.38. The first-order valence-corrected chi connectivity index (χ1v) is 10.0. The van der Waals surface area contributed by atoms with E-state index in [9.17, 15) is 13.2 Å². The molecule has 1 heterocycles. The summed E-state index contributed by atoms with van der Waals surface area (Å²) in [5, 5.41) is 2.75. The van der Waals surface area contributed by atoms with Gasteiger partial charge in [0.15, 0.2) is 0 Å². The molecule has 0 radical (unpaired) electrons. The molecule has 0 atom stereocenters. The number of rotatable bonds is 5. The second kappa shape index (κ2) is 7.88. The molecule has 1 amide bonds. The van der Waals surface area contributed by atoms with E-state index < -0.39 is 10.0 Å². The van der Waals surface area contributed by atoms with E-state index in [0.717, 1.165) is 19.3 Å². The third-order valence-corrected chi connectivity index (χ3v) is 6.27. The maximum Gasteiger partial charge on any atom is 0.255 e. The Balaban J connectivity index is 1.79. The van der Waals surface area contributed by atoms with Gasteiger partial charge in [-0.25, -0.2) is 8.42 Å². The van der Waals surface area contributed by atoms with Crippen LogP contribution in [0.2, 0.25) is 0 Å². The topological polar surface area (TPSA) is 75.7 Å². The Morgan fingerprint density at radius 2 is 1.77 bits per heavy atom. The Morgan fingerprint density at radius 1 is 1.04 bits per heavy atom. The number of carbonyl (C=O) groups is 1. The van der Waals surface area contributed by atoms with E-state index in [1.807, 2.05) is 0 Å². The molecule has 1 saturated heterocycles. The number of amides is 1. The van der Waals surface area contributed by atoms with Crippen LogP contribution in [0.4, 0.5) is 5.69 Å². The van der Waals surface area contributed by atoms with Crippen molar-refractivity contribution in [2.45, 2.75) is 24.2 Å². The van der Waals surface area contributed by atoms with Gasteiger partial charge in [0.05, 0.1) is 12.0 Å². The highest BCUT2D eigenvalue weighted by Gasteiger charge is 2.26. The molecular formula is C19H22N2O4S. The van der Waals surface area contributed by atoms with Crippen molar-refractivity contribution in [3.05, 3.63) is 54.1 Å². The molecule has 1 N–H and O–H groups in total. The van der Waals surface area contributed by atoms with Crippen LogP contribution in [0, 0.1) is 0 Å². The van der Waals surface area contributed by atoms with Gasteiger partial charge in [-0.05, 0) is 49.2 Å². The SMILES string of the molecule is COc1cccc(C(=O)Nc2cccc(S(=O)(=O)N3CCCCC3)c2)c1. The number of hydrogen-bond donors (Lipinski definition) is 1. The van der Waals surface area contributed by atoms with E-state index in [2.05, 4.69) is 5.32 Å². The summed E-state index contributed by atoms with van der Waals surface area (Å²) in [6.45, 7) is 1.09. The molecular weight excluding hydrogens is 352 g/mol. The molecule has 138 valence electrons. The first kappa shape index (κ1) is 18.4. The number of benzene rings is 2. The van der Waals surface area contributed by atoms with Crippen molar-refractivity contribution >= 4 is 21.6 Å². The summed E-state index contributed by atoms with van der Waals surface area (Å²) in [4.78, 5) is 12.6. The van der Waals surface area contributed by atoms with Crippen molar-refractivity contribution in [2.75, 3.05) is 25.5 Å². The van der Waals surface area contributed by atoms with E-state index in [1.165, 1.54) is 17.5 Å². The van der Waals surface area contributed by atoms with E-state index in [4.69, 9.17) is 4.74 Å². The predicted octanol–water partition coefficient (Wildman–Crippen LogP) is 3.12. The quantitative estimate of drug-likeness (QED) is 0.872. The lowest BCUT2D eigenvalue weighted by Crippen LogP contribution is -2.35. The fourth-order valence-electron chi connectivity index (χ4n) is 2.96. The molecule has 3 rings (SSSR count). The van der Waals surface area contributed by atoms with Gasteiger partial charge < -0.3 is 10.1 Å². The first-order chi connectivity index (χ1) is 12.5. The smallest absolute Gasteiger partial charge is 0.255 e. The van der Waals surface area contributed by atoms with Crippen molar-refractivity contribution in [1.82, 2.24) is 4.31 Å². The molecule has 6 nitrogen and oxygen atoms in total. The van der Waals surface area contributed by atoms with Crippen molar-refractivity contribution in [3.63, 3.8) is 0 Å². The number of piperidine rings is 1. The highest BCUT2D eigenvalue weighted by molar-refractivity contribution is 7.89. The van der Waals surface area contributed by atoms with Gasteiger partial charge in [-0.15, -0.1) is 0 Å². The lowest BCUT2D eigenvalue weighted by Gasteiger charge is -2.26. The molecule has 0 spiro atoms. The van der Waals surface area contributed by atoms with Gasteiger partial charge in [-0.3, -0.25) is 4.79 Å². The van der Waals surface area contributed by atoms with Gasteiger partial charge in [0.2, 0.25) is 10.0 Å². The minimum Gasteiger partial charge on any atom is -0.497 e. The molecule has 2 aromatic carbocycles. The van der Waals surface area contributed by atoms with E-state index in [0.29, 0.717) is 30.1 Å². The monoisotopic (exact) mass is 374 g/mol. The fourth-order valence-corrected chi connectivity index (χ4v) is 4.52. The summed E-state index contributed by atoms with van der Waals surface area (Å²) in [5.74, 6) is 0.260. The lowest BCUT2D eigenvalue weighted by molar-refractivity contribution is 0.102. The summed E-state index contributed by atoms with van der Waals surface area (Å²) in [6.07, 6.45) is 2.82. The average Bonchev–Trinajstić information content (AvgIpc) is 2.69. The summed E-state index contributed by atoms with van der Waals surface area (Å²) in [5.41, 5.74) is 0.879. The van der Waals surface area contributed by atoms with Crippen LogP contribution >= 0.6 is 0 Å². The van der Waals surface area contributed by atoms with Crippen molar-refractivity contribution in [1.29, 1.82) is 0 Å². The Hall–Kier alpha value is -2.38.